The van der Waals surface area contributed by atoms with Crippen molar-refractivity contribution in [3.63, 3.8) is 0 Å². The van der Waals surface area contributed by atoms with Gasteiger partial charge in [0.1, 0.15) is 0 Å². The molecule has 1 aromatic carbocycles. The van der Waals surface area contributed by atoms with Crippen LogP contribution in [-0.2, 0) is 14.3 Å². The second-order valence-corrected chi connectivity index (χ2v) is 6.58. The molecule has 7 heteroatoms. The van der Waals surface area contributed by atoms with Crippen LogP contribution in [0.25, 0.3) is 6.08 Å². The fraction of sp³-hybridized carbons (Fsp3) is 0.524. The number of carbonyl (C=O) groups excluding carboxylic acids is 2. The second kappa shape index (κ2) is 12.4. The zero-order valence-electron chi connectivity index (χ0n) is 16.6. The average Bonchev–Trinajstić information content (AvgIpc) is 2.67. The van der Waals surface area contributed by atoms with Crippen molar-refractivity contribution >= 4 is 30.2 Å². The lowest BCUT2D eigenvalue weighted by atomic mass is 9.97. The largest absolute Gasteiger partial charge is 0.504 e. The number of hydrogen-bond donors (Lipinski definition) is 1. The monoisotopic (exact) mass is 411 g/mol. The standard InChI is InChI=1S/C21H29NO5.ClH/c1-3-26-20-15-16(6-8-19(20)24)5-7-18(23)11-14-22-12-9-17(10-13-22)21(25)27-4-2;/h5-8,15,17,24H,3-4,9-14H2,1-2H3;1H/b7-5+;. The Kier molecular flexibility index (Phi) is 10.6. The Bertz CT molecular complexity index is 669. The first-order valence-electron chi connectivity index (χ1n) is 9.59. The van der Waals surface area contributed by atoms with Gasteiger partial charge in [0.15, 0.2) is 17.3 Å². The molecule has 1 heterocycles. The number of hydrogen-bond acceptors (Lipinski definition) is 6. The first-order valence-corrected chi connectivity index (χ1v) is 9.59. The number of rotatable bonds is 9. The molecule has 0 radical (unpaired) electrons. The van der Waals surface area contributed by atoms with E-state index in [4.69, 9.17) is 9.47 Å². The number of nitrogens with zero attached hydrogens (tertiary/aromatic N) is 1. The highest BCUT2D eigenvalue weighted by atomic mass is 35.5. The van der Waals surface area contributed by atoms with E-state index in [0.717, 1.165) is 31.5 Å². The summed E-state index contributed by atoms with van der Waals surface area (Å²) in [5, 5.41) is 9.70. The summed E-state index contributed by atoms with van der Waals surface area (Å²) in [5.74, 6) is 0.443. The summed E-state index contributed by atoms with van der Waals surface area (Å²) >= 11 is 0. The third-order valence-corrected chi connectivity index (χ3v) is 4.63. The van der Waals surface area contributed by atoms with E-state index in [1.54, 1.807) is 30.4 Å². The fourth-order valence-corrected chi connectivity index (χ4v) is 3.10. The minimum atomic E-state index is -0.100. The van der Waals surface area contributed by atoms with Crippen molar-refractivity contribution in [1.29, 1.82) is 0 Å². The summed E-state index contributed by atoms with van der Waals surface area (Å²) in [6.45, 7) is 6.88. The molecule has 1 N–H and O–H groups in total. The van der Waals surface area contributed by atoms with Crippen molar-refractivity contribution < 1.29 is 24.2 Å². The highest BCUT2D eigenvalue weighted by molar-refractivity contribution is 5.93. The smallest absolute Gasteiger partial charge is 0.309 e. The molecule has 1 saturated heterocycles. The summed E-state index contributed by atoms with van der Waals surface area (Å²) in [5.41, 5.74) is 0.805. The van der Waals surface area contributed by atoms with E-state index < -0.39 is 0 Å². The number of phenols is 1. The summed E-state index contributed by atoms with van der Waals surface area (Å²) in [4.78, 5) is 26.1. The summed E-state index contributed by atoms with van der Waals surface area (Å²) in [7, 11) is 0. The predicted octanol–water partition coefficient (Wildman–Crippen LogP) is 3.46. The van der Waals surface area contributed by atoms with Crippen molar-refractivity contribution in [2.24, 2.45) is 5.92 Å². The van der Waals surface area contributed by atoms with Gasteiger partial charge in [-0.05, 0) is 63.6 Å². The van der Waals surface area contributed by atoms with Crippen LogP contribution in [0.15, 0.2) is 24.3 Å². The minimum absolute atomic E-state index is 0. The normalized spacial score (nSPS) is 15.2. The van der Waals surface area contributed by atoms with Gasteiger partial charge in [0.25, 0.3) is 0 Å². The quantitative estimate of drug-likeness (QED) is 0.495. The van der Waals surface area contributed by atoms with E-state index in [9.17, 15) is 14.7 Å². The van der Waals surface area contributed by atoms with E-state index in [0.29, 0.717) is 31.9 Å². The van der Waals surface area contributed by atoms with Crippen LogP contribution in [0.4, 0.5) is 0 Å². The van der Waals surface area contributed by atoms with Crippen molar-refractivity contribution in [1.82, 2.24) is 4.90 Å². The number of likely N-dealkylation sites (tertiary alicyclic amines) is 1. The molecule has 0 bridgehead atoms. The molecule has 0 aromatic heterocycles. The molecular weight excluding hydrogens is 382 g/mol. The molecule has 0 unspecified atom stereocenters. The van der Waals surface area contributed by atoms with Crippen LogP contribution < -0.4 is 4.74 Å². The molecule has 1 aliphatic rings. The molecule has 0 atom stereocenters. The molecule has 1 fully saturated rings. The highest BCUT2D eigenvalue weighted by Gasteiger charge is 2.25. The van der Waals surface area contributed by atoms with Gasteiger partial charge in [0.05, 0.1) is 19.1 Å². The van der Waals surface area contributed by atoms with Crippen molar-refractivity contribution in [2.75, 3.05) is 32.8 Å². The number of esters is 1. The lowest BCUT2D eigenvalue weighted by Gasteiger charge is -2.30. The molecule has 28 heavy (non-hydrogen) atoms. The average molecular weight is 412 g/mol. The Morgan fingerprint density at radius 1 is 1.21 bits per heavy atom. The molecule has 0 saturated carbocycles. The third kappa shape index (κ3) is 7.52. The van der Waals surface area contributed by atoms with Crippen molar-refractivity contribution in [3.8, 4) is 11.5 Å². The minimum Gasteiger partial charge on any atom is -0.504 e. The summed E-state index contributed by atoms with van der Waals surface area (Å²) < 4.78 is 10.4. The van der Waals surface area contributed by atoms with Crippen LogP contribution in [0.3, 0.4) is 0 Å². The van der Waals surface area contributed by atoms with Crippen molar-refractivity contribution in [2.45, 2.75) is 33.1 Å². The Labute approximate surface area is 172 Å². The van der Waals surface area contributed by atoms with Gasteiger partial charge >= 0.3 is 5.97 Å². The van der Waals surface area contributed by atoms with E-state index in [-0.39, 0.29) is 35.8 Å². The molecule has 6 nitrogen and oxygen atoms in total. The van der Waals surface area contributed by atoms with Gasteiger partial charge in [0, 0.05) is 13.0 Å². The van der Waals surface area contributed by atoms with Gasteiger partial charge in [-0.15, -0.1) is 12.4 Å². The molecule has 0 amide bonds. The summed E-state index contributed by atoms with van der Waals surface area (Å²) in [6.07, 6.45) is 5.31. The highest BCUT2D eigenvalue weighted by Crippen LogP contribution is 2.27. The lowest BCUT2D eigenvalue weighted by molar-refractivity contribution is -0.149. The van der Waals surface area contributed by atoms with Crippen LogP contribution in [0.1, 0.15) is 38.7 Å². The molecule has 0 aliphatic carbocycles. The van der Waals surface area contributed by atoms with Gasteiger partial charge in [-0.1, -0.05) is 12.1 Å². The van der Waals surface area contributed by atoms with Gasteiger partial charge in [-0.3, -0.25) is 9.59 Å². The third-order valence-electron chi connectivity index (χ3n) is 4.63. The lowest BCUT2D eigenvalue weighted by Crippen LogP contribution is -2.37. The second-order valence-electron chi connectivity index (χ2n) is 6.58. The zero-order chi connectivity index (χ0) is 19.6. The Hall–Kier alpha value is -2.05. The van der Waals surface area contributed by atoms with Gasteiger partial charge in [0.2, 0.25) is 0 Å². The Balaban J connectivity index is 0.00000392. The first kappa shape index (κ1) is 24.0. The molecule has 0 spiro atoms. The topological polar surface area (TPSA) is 76.1 Å². The van der Waals surface area contributed by atoms with E-state index in [1.807, 2.05) is 13.8 Å². The maximum absolute atomic E-state index is 12.1. The maximum Gasteiger partial charge on any atom is 0.309 e. The number of benzene rings is 1. The fourth-order valence-electron chi connectivity index (χ4n) is 3.10. The van der Waals surface area contributed by atoms with Gasteiger partial charge in [-0.25, -0.2) is 0 Å². The van der Waals surface area contributed by atoms with E-state index in [2.05, 4.69) is 4.90 Å². The Morgan fingerprint density at radius 3 is 2.57 bits per heavy atom. The number of allylic oxidation sites excluding steroid dienone is 1. The van der Waals surface area contributed by atoms with Crippen LogP contribution >= 0.6 is 12.4 Å². The number of ketones is 1. The Morgan fingerprint density at radius 2 is 1.93 bits per heavy atom. The maximum atomic E-state index is 12.1. The number of carbonyl (C=O) groups is 2. The van der Waals surface area contributed by atoms with E-state index >= 15 is 0 Å². The number of halogens is 1. The van der Waals surface area contributed by atoms with Gasteiger partial charge < -0.3 is 19.5 Å². The SMILES string of the molecule is CCOC(=O)C1CCN(CCC(=O)/C=C/c2ccc(O)c(OCC)c2)CC1.Cl. The van der Waals surface area contributed by atoms with Crippen LogP contribution in [0.2, 0.25) is 0 Å². The van der Waals surface area contributed by atoms with E-state index in [1.165, 1.54) is 0 Å². The number of phenolic OH excluding ortho intramolecular Hbond substituents is 1. The number of aromatic hydroxyl groups is 1. The molecule has 2 rings (SSSR count). The zero-order valence-corrected chi connectivity index (χ0v) is 17.4. The first-order chi connectivity index (χ1) is 13.0. The molecule has 1 aliphatic heterocycles. The molecule has 1 aromatic rings. The van der Waals surface area contributed by atoms with Crippen LogP contribution in [0.5, 0.6) is 11.5 Å². The molecule has 156 valence electrons. The van der Waals surface area contributed by atoms with Crippen LogP contribution in [-0.4, -0.2) is 54.6 Å². The summed E-state index contributed by atoms with van der Waals surface area (Å²) in [6, 6.07) is 5.01. The predicted molar refractivity (Wildman–Crippen MR) is 111 cm³/mol. The number of piperidine rings is 1. The van der Waals surface area contributed by atoms with Gasteiger partial charge in [-0.2, -0.15) is 0 Å². The number of ether oxygens (including phenoxy) is 2. The van der Waals surface area contributed by atoms with Crippen molar-refractivity contribution in [3.05, 3.63) is 29.8 Å². The molecular formula is C21H30ClNO5. The van der Waals surface area contributed by atoms with Crippen LogP contribution in [0, 0.1) is 5.92 Å².